The van der Waals surface area contributed by atoms with Crippen molar-refractivity contribution in [3.8, 4) is 0 Å². The van der Waals surface area contributed by atoms with Crippen LogP contribution in [0, 0.1) is 16.7 Å². The van der Waals surface area contributed by atoms with Crippen molar-refractivity contribution in [1.29, 1.82) is 0 Å². The van der Waals surface area contributed by atoms with E-state index >= 15 is 0 Å². The molecule has 3 rings (SSSR count). The van der Waals surface area contributed by atoms with Crippen molar-refractivity contribution in [2.75, 3.05) is 19.8 Å². The summed E-state index contributed by atoms with van der Waals surface area (Å²) < 4.78 is 23.0. The quantitative estimate of drug-likeness (QED) is 0.730. The third-order valence-corrected chi connectivity index (χ3v) is 5.64. The van der Waals surface area contributed by atoms with Crippen LogP contribution in [-0.2, 0) is 23.7 Å². The number of hydrogen-bond acceptors (Lipinski definition) is 5. The van der Waals surface area contributed by atoms with Gasteiger partial charge in [-0.2, -0.15) is 0 Å². The number of carbonyl (C=O) groups excluding carboxylic acids is 1. The van der Waals surface area contributed by atoms with Crippen molar-refractivity contribution >= 4 is 5.97 Å². The second-order valence-corrected chi connectivity index (χ2v) is 7.48. The molecule has 1 saturated carbocycles. The monoisotopic (exact) mass is 312 g/mol. The molecule has 2 saturated heterocycles. The van der Waals surface area contributed by atoms with Gasteiger partial charge in [-0.15, -0.1) is 0 Å². The van der Waals surface area contributed by atoms with Crippen molar-refractivity contribution in [2.45, 2.75) is 65.5 Å². The van der Waals surface area contributed by atoms with Crippen LogP contribution in [-0.4, -0.2) is 44.3 Å². The summed E-state index contributed by atoms with van der Waals surface area (Å²) >= 11 is 0. The fourth-order valence-corrected chi connectivity index (χ4v) is 5.09. The Bertz CT molecular complexity index is 435. The largest absolute Gasteiger partial charge is 0.466 e. The highest BCUT2D eigenvalue weighted by Crippen LogP contribution is 2.65. The molecule has 0 aromatic carbocycles. The van der Waals surface area contributed by atoms with Gasteiger partial charge < -0.3 is 18.9 Å². The van der Waals surface area contributed by atoms with Gasteiger partial charge in [-0.1, -0.05) is 13.8 Å². The van der Waals surface area contributed by atoms with Crippen molar-refractivity contribution in [1.82, 2.24) is 0 Å². The molecule has 22 heavy (non-hydrogen) atoms. The standard InChI is InChI=1S/C17H28O5/c1-5-19-13(18)7-11-15-16(3,4)8-12-17(15,10-21-11)9-14(22-12)20-6-2/h11-12,14-15H,5-10H2,1-4H3/t11-,12-,14?,15-,17+/m0/s1. The highest BCUT2D eigenvalue weighted by molar-refractivity contribution is 5.70. The van der Waals surface area contributed by atoms with Gasteiger partial charge in [0.25, 0.3) is 0 Å². The fraction of sp³-hybridized carbons (Fsp3) is 0.941. The molecule has 3 fully saturated rings. The summed E-state index contributed by atoms with van der Waals surface area (Å²) in [7, 11) is 0. The predicted octanol–water partition coefficient (Wildman–Crippen LogP) is 2.52. The molecule has 1 aliphatic carbocycles. The third-order valence-electron chi connectivity index (χ3n) is 5.64. The van der Waals surface area contributed by atoms with Gasteiger partial charge in [0.15, 0.2) is 6.29 Å². The summed E-state index contributed by atoms with van der Waals surface area (Å²) in [6, 6.07) is 0. The first kappa shape index (κ1) is 16.2. The molecule has 0 radical (unpaired) electrons. The Morgan fingerprint density at radius 3 is 2.68 bits per heavy atom. The van der Waals surface area contributed by atoms with Crippen molar-refractivity contribution in [2.24, 2.45) is 16.7 Å². The Labute approximate surface area is 132 Å². The topological polar surface area (TPSA) is 54.0 Å². The van der Waals surface area contributed by atoms with Gasteiger partial charge in [-0.05, 0) is 25.7 Å². The fourth-order valence-electron chi connectivity index (χ4n) is 5.09. The van der Waals surface area contributed by atoms with E-state index in [4.69, 9.17) is 18.9 Å². The minimum Gasteiger partial charge on any atom is -0.466 e. The lowest BCUT2D eigenvalue weighted by Gasteiger charge is -2.34. The van der Waals surface area contributed by atoms with Gasteiger partial charge in [0, 0.05) is 24.4 Å². The highest BCUT2D eigenvalue weighted by atomic mass is 16.7. The maximum atomic E-state index is 11.9. The van der Waals surface area contributed by atoms with E-state index in [-0.39, 0.29) is 35.3 Å². The average Bonchev–Trinajstić information content (AvgIpc) is 2.98. The SMILES string of the molecule is CCOC(=O)C[C@@H]1OC[C@]23CC(OCC)O[C@H]2CC(C)(C)[C@H]13. The Hall–Kier alpha value is -0.650. The summed E-state index contributed by atoms with van der Waals surface area (Å²) in [6.07, 6.45) is 2.20. The van der Waals surface area contributed by atoms with E-state index < -0.39 is 0 Å². The van der Waals surface area contributed by atoms with Crippen LogP contribution in [0.3, 0.4) is 0 Å². The second kappa shape index (κ2) is 5.77. The molecular weight excluding hydrogens is 284 g/mol. The Morgan fingerprint density at radius 2 is 2.00 bits per heavy atom. The molecule has 0 aromatic rings. The van der Waals surface area contributed by atoms with Crippen LogP contribution in [0.4, 0.5) is 0 Å². The van der Waals surface area contributed by atoms with E-state index in [1.54, 1.807) is 0 Å². The summed E-state index contributed by atoms with van der Waals surface area (Å²) in [5.74, 6) is 0.156. The zero-order chi connectivity index (χ0) is 16.0. The zero-order valence-electron chi connectivity index (χ0n) is 14.1. The van der Waals surface area contributed by atoms with Gasteiger partial charge in [0.05, 0.1) is 31.8 Å². The van der Waals surface area contributed by atoms with Crippen molar-refractivity contribution < 1.29 is 23.7 Å². The van der Waals surface area contributed by atoms with Crippen LogP contribution in [0.15, 0.2) is 0 Å². The van der Waals surface area contributed by atoms with E-state index in [1.165, 1.54) is 0 Å². The lowest BCUT2D eigenvalue weighted by molar-refractivity contribution is -0.146. The first-order valence-electron chi connectivity index (χ1n) is 8.47. The maximum absolute atomic E-state index is 11.9. The molecule has 0 bridgehead atoms. The molecule has 5 heteroatoms. The molecule has 126 valence electrons. The Balaban J connectivity index is 1.78. The lowest BCUT2D eigenvalue weighted by atomic mass is 9.67. The molecule has 0 N–H and O–H groups in total. The van der Waals surface area contributed by atoms with Gasteiger partial charge >= 0.3 is 5.97 Å². The Morgan fingerprint density at radius 1 is 1.23 bits per heavy atom. The summed E-state index contributed by atoms with van der Waals surface area (Å²) in [4.78, 5) is 11.9. The summed E-state index contributed by atoms with van der Waals surface area (Å²) in [5, 5.41) is 0. The molecular formula is C17H28O5. The molecule has 1 spiro atoms. The number of carbonyl (C=O) groups is 1. The van der Waals surface area contributed by atoms with Gasteiger partial charge in [0.2, 0.25) is 0 Å². The maximum Gasteiger partial charge on any atom is 0.308 e. The molecule has 0 amide bonds. The molecule has 0 aromatic heterocycles. The second-order valence-electron chi connectivity index (χ2n) is 7.48. The van der Waals surface area contributed by atoms with Gasteiger partial charge in [-0.3, -0.25) is 4.79 Å². The van der Waals surface area contributed by atoms with E-state index in [0.717, 1.165) is 12.8 Å². The smallest absolute Gasteiger partial charge is 0.308 e. The molecule has 1 unspecified atom stereocenters. The minimum absolute atomic E-state index is 0.000494. The van der Waals surface area contributed by atoms with Crippen LogP contribution in [0.2, 0.25) is 0 Å². The van der Waals surface area contributed by atoms with Crippen LogP contribution in [0.5, 0.6) is 0 Å². The molecule has 5 atom stereocenters. The number of ether oxygens (including phenoxy) is 4. The van der Waals surface area contributed by atoms with E-state index in [1.807, 2.05) is 13.8 Å². The molecule has 2 heterocycles. The summed E-state index contributed by atoms with van der Waals surface area (Å²) in [6.45, 7) is 10.1. The number of esters is 1. The third kappa shape index (κ3) is 2.47. The molecule has 3 aliphatic rings. The number of hydrogen-bond donors (Lipinski definition) is 0. The van der Waals surface area contributed by atoms with E-state index in [9.17, 15) is 4.79 Å². The van der Waals surface area contributed by atoms with Gasteiger partial charge in [0.1, 0.15) is 0 Å². The zero-order valence-corrected chi connectivity index (χ0v) is 14.1. The first-order chi connectivity index (χ1) is 10.4. The Kier molecular flexibility index (Phi) is 4.25. The average molecular weight is 312 g/mol. The van der Waals surface area contributed by atoms with Crippen molar-refractivity contribution in [3.05, 3.63) is 0 Å². The van der Waals surface area contributed by atoms with Crippen LogP contribution in [0.25, 0.3) is 0 Å². The first-order valence-corrected chi connectivity index (χ1v) is 8.47. The minimum atomic E-state index is -0.163. The highest BCUT2D eigenvalue weighted by Gasteiger charge is 2.68. The van der Waals surface area contributed by atoms with Crippen molar-refractivity contribution in [3.63, 3.8) is 0 Å². The predicted molar refractivity (Wildman–Crippen MR) is 80.2 cm³/mol. The van der Waals surface area contributed by atoms with Crippen LogP contribution in [0.1, 0.15) is 47.0 Å². The normalized spacial score (nSPS) is 42.2. The molecule has 2 aliphatic heterocycles. The summed E-state index contributed by atoms with van der Waals surface area (Å²) in [5.41, 5.74) is 0.107. The van der Waals surface area contributed by atoms with E-state index in [0.29, 0.717) is 32.2 Å². The van der Waals surface area contributed by atoms with Crippen LogP contribution < -0.4 is 0 Å². The van der Waals surface area contributed by atoms with Crippen LogP contribution >= 0.6 is 0 Å². The lowest BCUT2D eigenvalue weighted by Crippen LogP contribution is -2.38. The van der Waals surface area contributed by atoms with E-state index in [2.05, 4.69) is 13.8 Å². The number of rotatable bonds is 5. The van der Waals surface area contributed by atoms with Gasteiger partial charge in [-0.25, -0.2) is 0 Å². The molecule has 5 nitrogen and oxygen atoms in total.